The van der Waals surface area contributed by atoms with Gasteiger partial charge in [0.1, 0.15) is 0 Å². The van der Waals surface area contributed by atoms with Crippen LogP contribution in [0.4, 0.5) is 0 Å². The molecule has 1 unspecified atom stereocenters. The van der Waals surface area contributed by atoms with Gasteiger partial charge < -0.3 is 0 Å². The molecule has 0 aromatic carbocycles. The second kappa shape index (κ2) is 10.0. The van der Waals surface area contributed by atoms with Gasteiger partial charge in [-0.2, -0.15) is 11.8 Å². The van der Waals surface area contributed by atoms with E-state index in [1.165, 1.54) is 55.4 Å². The van der Waals surface area contributed by atoms with E-state index in [4.69, 9.17) is 0 Å². The fourth-order valence-corrected chi connectivity index (χ4v) is 3.55. The van der Waals surface area contributed by atoms with Crippen LogP contribution < -0.4 is 0 Å². The monoisotopic (exact) mass is 294 g/mol. The van der Waals surface area contributed by atoms with Crippen molar-refractivity contribution in [3.05, 3.63) is 0 Å². The standard InChI is InChI=1S/C13H27BrS/c1-4-7-9-13(5-2,12-14)10-8-11-15-6-3/h4-12H2,1-3H3. The quantitative estimate of drug-likeness (QED) is 0.379. The number of rotatable bonds is 10. The van der Waals surface area contributed by atoms with Gasteiger partial charge in [-0.1, -0.05) is 49.5 Å². The molecule has 0 heterocycles. The summed E-state index contributed by atoms with van der Waals surface area (Å²) < 4.78 is 0. The van der Waals surface area contributed by atoms with Gasteiger partial charge in [0.25, 0.3) is 0 Å². The molecule has 0 aliphatic heterocycles. The van der Waals surface area contributed by atoms with Crippen molar-refractivity contribution in [2.24, 2.45) is 5.41 Å². The number of alkyl halides is 1. The molecule has 92 valence electrons. The predicted octanol–water partition coefficient (Wildman–Crippen LogP) is 5.50. The Morgan fingerprint density at radius 3 is 2.20 bits per heavy atom. The van der Waals surface area contributed by atoms with E-state index in [1.54, 1.807) is 0 Å². The van der Waals surface area contributed by atoms with Gasteiger partial charge in [-0.15, -0.1) is 0 Å². The van der Waals surface area contributed by atoms with Crippen molar-refractivity contribution < 1.29 is 0 Å². The number of unbranched alkanes of at least 4 members (excludes halogenated alkanes) is 1. The van der Waals surface area contributed by atoms with Gasteiger partial charge in [0.05, 0.1) is 0 Å². The van der Waals surface area contributed by atoms with Crippen molar-refractivity contribution in [3.63, 3.8) is 0 Å². The first kappa shape index (κ1) is 15.8. The van der Waals surface area contributed by atoms with E-state index in [1.807, 2.05) is 0 Å². The molecule has 1 atom stereocenters. The lowest BCUT2D eigenvalue weighted by Gasteiger charge is -2.31. The lowest BCUT2D eigenvalue weighted by atomic mass is 9.78. The summed E-state index contributed by atoms with van der Waals surface area (Å²) >= 11 is 5.80. The van der Waals surface area contributed by atoms with Crippen molar-refractivity contribution in [1.82, 2.24) is 0 Å². The van der Waals surface area contributed by atoms with Crippen LogP contribution in [0.15, 0.2) is 0 Å². The van der Waals surface area contributed by atoms with Gasteiger partial charge in [0, 0.05) is 5.33 Å². The minimum atomic E-state index is 0.588. The second-order valence-electron chi connectivity index (χ2n) is 4.39. The third-order valence-electron chi connectivity index (χ3n) is 3.29. The van der Waals surface area contributed by atoms with Crippen LogP contribution in [-0.4, -0.2) is 16.8 Å². The van der Waals surface area contributed by atoms with Gasteiger partial charge in [0.2, 0.25) is 0 Å². The molecule has 0 spiro atoms. The fraction of sp³-hybridized carbons (Fsp3) is 1.00. The molecule has 2 heteroatoms. The Hall–Kier alpha value is 0.830. The fourth-order valence-electron chi connectivity index (χ4n) is 1.95. The Balaban J connectivity index is 3.88. The highest BCUT2D eigenvalue weighted by atomic mass is 79.9. The van der Waals surface area contributed by atoms with Gasteiger partial charge in [0.15, 0.2) is 0 Å². The van der Waals surface area contributed by atoms with E-state index >= 15 is 0 Å². The zero-order chi connectivity index (χ0) is 11.6. The molecular formula is C13H27BrS. The first-order valence-electron chi connectivity index (χ1n) is 6.38. The number of hydrogen-bond donors (Lipinski definition) is 0. The minimum absolute atomic E-state index is 0.588. The highest BCUT2D eigenvalue weighted by Crippen LogP contribution is 2.36. The second-order valence-corrected chi connectivity index (χ2v) is 6.35. The Morgan fingerprint density at radius 1 is 1.07 bits per heavy atom. The van der Waals surface area contributed by atoms with E-state index in [0.717, 1.165) is 0 Å². The summed E-state index contributed by atoms with van der Waals surface area (Å²) in [6.07, 6.45) is 8.25. The highest BCUT2D eigenvalue weighted by Gasteiger charge is 2.25. The van der Waals surface area contributed by atoms with E-state index < -0.39 is 0 Å². The maximum absolute atomic E-state index is 3.73. The van der Waals surface area contributed by atoms with Crippen LogP contribution >= 0.6 is 27.7 Å². The summed E-state index contributed by atoms with van der Waals surface area (Å²) in [6, 6.07) is 0. The molecule has 0 bridgehead atoms. The molecule has 0 radical (unpaired) electrons. The molecule has 0 amide bonds. The predicted molar refractivity (Wildman–Crippen MR) is 78.3 cm³/mol. The van der Waals surface area contributed by atoms with Crippen LogP contribution in [0, 0.1) is 5.41 Å². The van der Waals surface area contributed by atoms with Crippen LogP contribution in [0.2, 0.25) is 0 Å². The first-order chi connectivity index (χ1) is 7.24. The molecule has 0 aromatic rings. The third-order valence-corrected chi connectivity index (χ3v) is 5.47. The molecule has 0 saturated heterocycles. The summed E-state index contributed by atoms with van der Waals surface area (Å²) in [7, 11) is 0. The largest absolute Gasteiger partial charge is 0.162 e. The first-order valence-corrected chi connectivity index (χ1v) is 8.66. The summed E-state index contributed by atoms with van der Waals surface area (Å²) in [5, 5.41) is 1.19. The van der Waals surface area contributed by atoms with E-state index in [0.29, 0.717) is 5.41 Å². The average molecular weight is 295 g/mol. The lowest BCUT2D eigenvalue weighted by molar-refractivity contribution is 0.261. The molecule has 0 aliphatic rings. The summed E-state index contributed by atoms with van der Waals surface area (Å²) in [6.45, 7) is 6.89. The lowest BCUT2D eigenvalue weighted by Crippen LogP contribution is -2.22. The van der Waals surface area contributed by atoms with Crippen molar-refractivity contribution in [3.8, 4) is 0 Å². The normalized spacial score (nSPS) is 15.2. The molecule has 0 rings (SSSR count). The number of halogens is 1. The third kappa shape index (κ3) is 6.88. The molecule has 0 fully saturated rings. The highest BCUT2D eigenvalue weighted by molar-refractivity contribution is 9.09. The van der Waals surface area contributed by atoms with Crippen LogP contribution in [-0.2, 0) is 0 Å². The van der Waals surface area contributed by atoms with Crippen molar-refractivity contribution in [1.29, 1.82) is 0 Å². The van der Waals surface area contributed by atoms with Gasteiger partial charge in [-0.25, -0.2) is 0 Å². The van der Waals surface area contributed by atoms with Crippen molar-refractivity contribution in [2.45, 2.75) is 59.3 Å². The van der Waals surface area contributed by atoms with Crippen LogP contribution in [0.1, 0.15) is 59.3 Å². The smallest absolute Gasteiger partial charge is 0.00878 e. The Kier molecular flexibility index (Phi) is 10.6. The van der Waals surface area contributed by atoms with Crippen molar-refractivity contribution in [2.75, 3.05) is 16.8 Å². The topological polar surface area (TPSA) is 0 Å². The molecule has 0 aromatic heterocycles. The van der Waals surface area contributed by atoms with E-state index in [9.17, 15) is 0 Å². The molecule has 15 heavy (non-hydrogen) atoms. The minimum Gasteiger partial charge on any atom is -0.162 e. The molecule has 0 aliphatic carbocycles. The number of thioether (sulfide) groups is 1. The summed E-state index contributed by atoms with van der Waals surface area (Å²) in [5.74, 6) is 2.61. The Labute approximate surface area is 109 Å². The van der Waals surface area contributed by atoms with Crippen LogP contribution in [0.3, 0.4) is 0 Å². The SMILES string of the molecule is CCCCC(CC)(CBr)CCCSCC. The molecule has 0 saturated carbocycles. The van der Waals surface area contributed by atoms with Gasteiger partial charge in [-0.05, 0) is 42.6 Å². The number of hydrogen-bond acceptors (Lipinski definition) is 1. The zero-order valence-electron chi connectivity index (χ0n) is 10.7. The summed E-state index contributed by atoms with van der Waals surface area (Å²) in [4.78, 5) is 0. The molecule has 0 N–H and O–H groups in total. The molecule has 0 nitrogen and oxygen atoms in total. The van der Waals surface area contributed by atoms with E-state index in [-0.39, 0.29) is 0 Å². The maximum atomic E-state index is 3.73. The maximum Gasteiger partial charge on any atom is 0.00878 e. The van der Waals surface area contributed by atoms with Gasteiger partial charge >= 0.3 is 0 Å². The van der Waals surface area contributed by atoms with Gasteiger partial charge in [-0.3, -0.25) is 0 Å². The Bertz CT molecular complexity index is 132. The zero-order valence-corrected chi connectivity index (χ0v) is 13.1. The van der Waals surface area contributed by atoms with Crippen LogP contribution in [0.25, 0.3) is 0 Å². The molecular weight excluding hydrogens is 268 g/mol. The Morgan fingerprint density at radius 2 is 1.73 bits per heavy atom. The van der Waals surface area contributed by atoms with Crippen molar-refractivity contribution >= 4 is 27.7 Å². The van der Waals surface area contributed by atoms with Crippen LogP contribution in [0.5, 0.6) is 0 Å². The summed E-state index contributed by atoms with van der Waals surface area (Å²) in [5.41, 5.74) is 0.588. The van der Waals surface area contributed by atoms with E-state index in [2.05, 4.69) is 48.5 Å². The average Bonchev–Trinajstić information content (AvgIpc) is 2.29.